The lowest BCUT2D eigenvalue weighted by atomic mass is 9.95. The maximum absolute atomic E-state index is 12.9. The van der Waals surface area contributed by atoms with Gasteiger partial charge in [-0.05, 0) is 17.0 Å². The number of hydrogen-bond acceptors (Lipinski definition) is 6. The van der Waals surface area contributed by atoms with E-state index >= 15 is 0 Å². The second-order valence-corrected chi connectivity index (χ2v) is 6.66. The molecule has 0 saturated heterocycles. The van der Waals surface area contributed by atoms with Crippen LogP contribution in [0.4, 0.5) is 0 Å². The van der Waals surface area contributed by atoms with Crippen molar-refractivity contribution in [1.29, 1.82) is 0 Å². The first-order valence-corrected chi connectivity index (χ1v) is 9.09. The summed E-state index contributed by atoms with van der Waals surface area (Å²) >= 11 is 1.27. The second kappa shape index (κ2) is 8.27. The van der Waals surface area contributed by atoms with Gasteiger partial charge in [0.25, 0.3) is 5.91 Å². The topological polar surface area (TPSA) is 87.1 Å². The average Bonchev–Trinajstić information content (AvgIpc) is 3.28. The van der Waals surface area contributed by atoms with Crippen LogP contribution in [0.15, 0.2) is 59.2 Å². The number of thiophene rings is 1. The summed E-state index contributed by atoms with van der Waals surface area (Å²) in [5.41, 5.74) is 0.831. The minimum atomic E-state index is -0.670. The van der Waals surface area contributed by atoms with Gasteiger partial charge in [-0.3, -0.25) is 9.59 Å². The number of carbonyl (C=O) groups excluding carboxylic acids is 2. The van der Waals surface area contributed by atoms with Crippen LogP contribution >= 0.6 is 11.3 Å². The summed E-state index contributed by atoms with van der Waals surface area (Å²) < 4.78 is 5.25. The molecular weight excluding hydrogens is 354 g/mol. The van der Waals surface area contributed by atoms with E-state index in [1.807, 2.05) is 30.3 Å². The molecule has 2 aromatic rings. The van der Waals surface area contributed by atoms with E-state index in [0.717, 1.165) is 5.56 Å². The van der Waals surface area contributed by atoms with Gasteiger partial charge in [-0.1, -0.05) is 36.4 Å². The number of ketones is 1. The second-order valence-electron chi connectivity index (χ2n) is 5.72. The van der Waals surface area contributed by atoms with Crippen LogP contribution < -0.4 is 0 Å². The van der Waals surface area contributed by atoms with Crippen LogP contribution in [0, 0.1) is 0 Å². The van der Waals surface area contributed by atoms with Crippen molar-refractivity contribution >= 4 is 23.0 Å². The molecule has 0 unspecified atom stereocenters. The standard InChI is InChI=1S/C19H19NO5S/c21-9-11-25-10-8-20-16(13-5-2-1-3-6-13)15(18(23)19(20)24)17(22)14-7-4-12-26-14/h1-7,12,16,21,23H,8-11H2/t16-/m0/s1. The Balaban J connectivity index is 1.95. The van der Waals surface area contributed by atoms with E-state index in [4.69, 9.17) is 9.84 Å². The first-order valence-electron chi connectivity index (χ1n) is 8.21. The fourth-order valence-corrected chi connectivity index (χ4v) is 3.65. The molecule has 0 spiro atoms. The zero-order valence-corrected chi connectivity index (χ0v) is 14.8. The number of benzene rings is 1. The quantitative estimate of drug-likeness (QED) is 0.548. The van der Waals surface area contributed by atoms with Crippen molar-refractivity contribution in [2.24, 2.45) is 0 Å². The van der Waals surface area contributed by atoms with Gasteiger partial charge in [0.05, 0.1) is 36.3 Å². The van der Waals surface area contributed by atoms with Gasteiger partial charge < -0.3 is 19.8 Å². The number of Topliss-reactive ketones (excluding diaryl/α,β-unsaturated/α-hetero) is 1. The molecule has 0 aliphatic carbocycles. The van der Waals surface area contributed by atoms with E-state index in [0.29, 0.717) is 4.88 Å². The molecule has 1 atom stereocenters. The lowest BCUT2D eigenvalue weighted by Gasteiger charge is -2.26. The molecule has 0 fully saturated rings. The predicted octanol–water partition coefficient (Wildman–Crippen LogP) is 2.34. The Bertz CT molecular complexity index is 801. The van der Waals surface area contributed by atoms with Crippen molar-refractivity contribution in [1.82, 2.24) is 4.90 Å². The molecule has 1 amide bonds. The fourth-order valence-electron chi connectivity index (χ4n) is 2.97. The Morgan fingerprint density at radius 1 is 1.15 bits per heavy atom. The normalized spacial score (nSPS) is 17.2. The Kier molecular flexibility index (Phi) is 5.82. The minimum absolute atomic E-state index is 0.0887. The maximum Gasteiger partial charge on any atom is 0.290 e. The zero-order chi connectivity index (χ0) is 18.5. The van der Waals surface area contributed by atoms with E-state index < -0.39 is 17.7 Å². The van der Waals surface area contributed by atoms with Crippen molar-refractivity contribution in [3.05, 3.63) is 69.6 Å². The van der Waals surface area contributed by atoms with Gasteiger partial charge in [-0.25, -0.2) is 0 Å². The molecule has 2 N–H and O–H groups in total. The number of amides is 1. The fraction of sp³-hybridized carbons (Fsp3) is 0.263. The molecule has 6 nitrogen and oxygen atoms in total. The van der Waals surface area contributed by atoms with Crippen LogP contribution in [0.25, 0.3) is 0 Å². The van der Waals surface area contributed by atoms with Crippen LogP contribution in [-0.2, 0) is 9.53 Å². The monoisotopic (exact) mass is 373 g/mol. The highest BCUT2D eigenvalue weighted by Crippen LogP contribution is 2.39. The lowest BCUT2D eigenvalue weighted by molar-refractivity contribution is -0.130. The Hall–Kier alpha value is -2.48. The van der Waals surface area contributed by atoms with Crippen LogP contribution in [0.2, 0.25) is 0 Å². The number of nitrogens with zero attached hydrogens (tertiary/aromatic N) is 1. The van der Waals surface area contributed by atoms with Crippen molar-refractivity contribution < 1.29 is 24.5 Å². The molecule has 0 bridgehead atoms. The molecule has 136 valence electrons. The summed E-state index contributed by atoms with van der Waals surface area (Å²) in [5.74, 6) is -1.45. The van der Waals surface area contributed by atoms with E-state index in [1.54, 1.807) is 17.5 Å². The summed E-state index contributed by atoms with van der Waals surface area (Å²) in [6.45, 7) is 0.452. The van der Waals surface area contributed by atoms with Gasteiger partial charge in [-0.15, -0.1) is 11.3 Å². The van der Waals surface area contributed by atoms with E-state index in [2.05, 4.69) is 0 Å². The SMILES string of the molecule is O=C(C1=C(O)C(=O)N(CCOCCO)[C@H]1c1ccccc1)c1cccs1. The van der Waals surface area contributed by atoms with Gasteiger partial charge >= 0.3 is 0 Å². The Labute approximate surface area is 155 Å². The minimum Gasteiger partial charge on any atom is -0.503 e. The predicted molar refractivity (Wildman–Crippen MR) is 97.1 cm³/mol. The molecule has 1 aliphatic heterocycles. The zero-order valence-electron chi connectivity index (χ0n) is 14.0. The molecule has 3 rings (SSSR count). The van der Waals surface area contributed by atoms with Crippen molar-refractivity contribution in [3.63, 3.8) is 0 Å². The number of hydrogen-bond donors (Lipinski definition) is 2. The highest BCUT2D eigenvalue weighted by Gasteiger charge is 2.43. The molecule has 2 heterocycles. The van der Waals surface area contributed by atoms with E-state index in [9.17, 15) is 14.7 Å². The van der Waals surface area contributed by atoms with Crippen LogP contribution in [0.1, 0.15) is 21.3 Å². The summed E-state index contributed by atoms with van der Waals surface area (Å²) in [5, 5.41) is 21.0. The number of ether oxygens (including phenoxy) is 1. The molecule has 1 aromatic heterocycles. The van der Waals surface area contributed by atoms with Crippen LogP contribution in [-0.4, -0.2) is 53.2 Å². The van der Waals surface area contributed by atoms with Gasteiger partial charge in [0.2, 0.25) is 5.78 Å². The highest BCUT2D eigenvalue weighted by molar-refractivity contribution is 7.12. The third-order valence-electron chi connectivity index (χ3n) is 4.12. The number of carbonyl (C=O) groups is 2. The maximum atomic E-state index is 12.9. The molecule has 1 aromatic carbocycles. The summed E-state index contributed by atoms with van der Waals surface area (Å²) in [7, 11) is 0. The number of aliphatic hydroxyl groups is 2. The number of rotatable bonds is 8. The van der Waals surface area contributed by atoms with Crippen LogP contribution in [0.3, 0.4) is 0 Å². The van der Waals surface area contributed by atoms with Gasteiger partial charge in [0.1, 0.15) is 0 Å². The van der Waals surface area contributed by atoms with Crippen molar-refractivity contribution in [2.45, 2.75) is 6.04 Å². The van der Waals surface area contributed by atoms with E-state index in [-0.39, 0.29) is 37.7 Å². The lowest BCUT2D eigenvalue weighted by Crippen LogP contribution is -2.34. The molecule has 7 heteroatoms. The highest BCUT2D eigenvalue weighted by atomic mass is 32.1. The third kappa shape index (κ3) is 3.55. The first-order chi connectivity index (χ1) is 12.6. The summed E-state index contributed by atoms with van der Waals surface area (Å²) in [6, 6.07) is 11.9. The molecule has 0 radical (unpaired) electrons. The third-order valence-corrected chi connectivity index (χ3v) is 4.99. The summed E-state index contributed by atoms with van der Waals surface area (Å²) in [4.78, 5) is 27.4. The summed E-state index contributed by atoms with van der Waals surface area (Å²) in [6.07, 6.45) is 0. The smallest absolute Gasteiger partial charge is 0.290 e. The average molecular weight is 373 g/mol. The number of aliphatic hydroxyl groups excluding tert-OH is 2. The Morgan fingerprint density at radius 3 is 2.58 bits per heavy atom. The van der Waals surface area contributed by atoms with Gasteiger partial charge in [0.15, 0.2) is 5.76 Å². The van der Waals surface area contributed by atoms with E-state index in [1.165, 1.54) is 16.2 Å². The Morgan fingerprint density at radius 2 is 1.92 bits per heavy atom. The van der Waals surface area contributed by atoms with Gasteiger partial charge in [-0.2, -0.15) is 0 Å². The largest absolute Gasteiger partial charge is 0.503 e. The molecule has 26 heavy (non-hydrogen) atoms. The van der Waals surface area contributed by atoms with Gasteiger partial charge in [0, 0.05) is 6.54 Å². The van der Waals surface area contributed by atoms with Crippen LogP contribution in [0.5, 0.6) is 0 Å². The molecule has 1 aliphatic rings. The molecular formula is C19H19NO5S. The molecule has 0 saturated carbocycles. The van der Waals surface area contributed by atoms with Crippen molar-refractivity contribution in [3.8, 4) is 0 Å². The first kappa shape index (κ1) is 18.3. The van der Waals surface area contributed by atoms with Crippen molar-refractivity contribution in [2.75, 3.05) is 26.4 Å².